The van der Waals surface area contributed by atoms with Gasteiger partial charge in [0.1, 0.15) is 0 Å². The summed E-state index contributed by atoms with van der Waals surface area (Å²) in [5.74, 6) is 0.815. The van der Waals surface area contributed by atoms with Crippen LogP contribution < -0.4 is 5.32 Å². The highest BCUT2D eigenvalue weighted by Crippen LogP contribution is 2.14. The van der Waals surface area contributed by atoms with Gasteiger partial charge in [0.2, 0.25) is 0 Å². The summed E-state index contributed by atoms with van der Waals surface area (Å²) in [6.07, 6.45) is 0. The first-order valence-electron chi connectivity index (χ1n) is 8.87. The van der Waals surface area contributed by atoms with Crippen LogP contribution in [0.5, 0.6) is 0 Å². The van der Waals surface area contributed by atoms with Crippen molar-refractivity contribution in [2.45, 2.75) is 6.54 Å². The van der Waals surface area contributed by atoms with Gasteiger partial charge >= 0.3 is 0 Å². The number of nitrogens with zero attached hydrogens (tertiary/aromatic N) is 2. The van der Waals surface area contributed by atoms with E-state index in [4.69, 9.17) is 11.6 Å². The minimum absolute atomic E-state index is 0. The number of rotatable bonds is 6. The van der Waals surface area contributed by atoms with Gasteiger partial charge in [-0.05, 0) is 29.8 Å². The number of thioether (sulfide) groups is 1. The number of piperazine rings is 1. The zero-order chi connectivity index (χ0) is 18.2. The summed E-state index contributed by atoms with van der Waals surface area (Å²) in [6, 6.07) is 17.7. The Labute approximate surface area is 188 Å². The van der Waals surface area contributed by atoms with Crippen molar-refractivity contribution in [3.05, 3.63) is 65.2 Å². The van der Waals surface area contributed by atoms with Crippen molar-refractivity contribution in [3.8, 4) is 0 Å². The highest BCUT2D eigenvalue weighted by molar-refractivity contribution is 8.13. The zero-order valence-electron chi connectivity index (χ0n) is 15.6. The molecule has 1 heterocycles. The molecule has 0 radical (unpaired) electrons. The van der Waals surface area contributed by atoms with Crippen LogP contribution in [-0.2, 0) is 6.54 Å². The Kier molecular flexibility index (Phi) is 11.9. The molecule has 1 aliphatic rings. The monoisotopic (exact) mass is 461 g/mol. The van der Waals surface area contributed by atoms with Gasteiger partial charge in [-0.25, -0.2) is 0 Å². The predicted molar refractivity (Wildman–Crippen MR) is 126 cm³/mol. The topological polar surface area (TPSA) is 35.6 Å². The third-order valence-electron chi connectivity index (χ3n) is 4.45. The Morgan fingerprint density at radius 1 is 0.929 bits per heavy atom. The van der Waals surface area contributed by atoms with Gasteiger partial charge < -0.3 is 5.32 Å². The van der Waals surface area contributed by atoms with Gasteiger partial charge in [0.25, 0.3) is 5.24 Å². The summed E-state index contributed by atoms with van der Waals surface area (Å²) >= 11 is 7.29. The first-order valence-corrected chi connectivity index (χ1v) is 10.2. The number of para-hydroxylation sites is 1. The van der Waals surface area contributed by atoms with E-state index in [1.54, 1.807) is 0 Å². The van der Waals surface area contributed by atoms with Crippen molar-refractivity contribution >= 4 is 59.1 Å². The Morgan fingerprint density at radius 2 is 1.54 bits per heavy atom. The molecule has 0 saturated carbocycles. The van der Waals surface area contributed by atoms with E-state index in [0.717, 1.165) is 55.7 Å². The largest absolute Gasteiger partial charge is 0.317 e. The number of halogens is 3. The lowest BCUT2D eigenvalue weighted by Crippen LogP contribution is -2.46. The molecule has 3 rings (SSSR count). The van der Waals surface area contributed by atoms with Gasteiger partial charge in [0, 0.05) is 55.7 Å². The fraction of sp³-hybridized carbons (Fsp3) is 0.350. The molecule has 2 aromatic carbocycles. The molecule has 0 aliphatic carbocycles. The molecular weight excluding hydrogens is 437 g/mol. The molecule has 0 bridgehead atoms. The average Bonchev–Trinajstić information content (AvgIpc) is 2.66. The smallest absolute Gasteiger partial charge is 0.283 e. The van der Waals surface area contributed by atoms with Crippen LogP contribution in [0.3, 0.4) is 0 Å². The molecule has 1 N–H and O–H groups in total. The van der Waals surface area contributed by atoms with Crippen molar-refractivity contribution in [1.82, 2.24) is 9.80 Å². The molecule has 0 atom stereocenters. The number of carbonyl (C=O) groups excluding carboxylic acids is 1. The van der Waals surface area contributed by atoms with Crippen molar-refractivity contribution in [2.24, 2.45) is 0 Å². The predicted octanol–water partition coefficient (Wildman–Crippen LogP) is 5.27. The molecule has 1 aliphatic heterocycles. The Balaban J connectivity index is 0.00000196. The van der Waals surface area contributed by atoms with Crippen LogP contribution in [0.2, 0.25) is 5.02 Å². The van der Waals surface area contributed by atoms with Crippen molar-refractivity contribution in [1.29, 1.82) is 0 Å². The minimum atomic E-state index is 0. The second kappa shape index (κ2) is 13.3. The SMILES string of the molecule is Cl.Cl.O=C(Nc1ccccc1)SCCN1CCN(Cc2ccc(Cl)cc2)CC1. The number of hydrogen-bond donors (Lipinski definition) is 1. The third kappa shape index (κ3) is 8.60. The van der Waals surface area contributed by atoms with Crippen molar-refractivity contribution in [3.63, 3.8) is 0 Å². The molecule has 28 heavy (non-hydrogen) atoms. The molecule has 1 saturated heterocycles. The molecule has 1 fully saturated rings. The van der Waals surface area contributed by atoms with Gasteiger partial charge in [0.05, 0.1) is 0 Å². The maximum absolute atomic E-state index is 11.9. The van der Waals surface area contributed by atoms with E-state index < -0.39 is 0 Å². The highest BCUT2D eigenvalue weighted by atomic mass is 35.5. The van der Waals surface area contributed by atoms with Crippen LogP contribution in [0.4, 0.5) is 10.5 Å². The molecule has 0 spiro atoms. The summed E-state index contributed by atoms with van der Waals surface area (Å²) < 4.78 is 0. The second-order valence-electron chi connectivity index (χ2n) is 6.37. The lowest BCUT2D eigenvalue weighted by atomic mass is 10.2. The van der Waals surface area contributed by atoms with E-state index >= 15 is 0 Å². The third-order valence-corrected chi connectivity index (χ3v) is 5.45. The van der Waals surface area contributed by atoms with E-state index in [2.05, 4.69) is 27.2 Å². The zero-order valence-corrected chi connectivity index (χ0v) is 18.8. The van der Waals surface area contributed by atoms with Crippen LogP contribution >= 0.6 is 48.2 Å². The van der Waals surface area contributed by atoms with Crippen LogP contribution in [0.1, 0.15) is 5.56 Å². The number of hydrogen-bond acceptors (Lipinski definition) is 4. The molecule has 154 valence electrons. The standard InChI is InChI=1S/C20H24ClN3OS.2ClH/c21-18-8-6-17(7-9-18)16-24-12-10-23(11-13-24)14-15-26-20(25)22-19-4-2-1-3-5-19;;/h1-9H,10-16H2,(H,22,25);2*1H. The number of anilines is 1. The Morgan fingerprint density at radius 3 is 2.18 bits per heavy atom. The van der Waals surface area contributed by atoms with E-state index in [9.17, 15) is 4.79 Å². The molecular formula is C20H26Cl3N3OS. The fourth-order valence-electron chi connectivity index (χ4n) is 2.96. The first kappa shape index (κ1) is 25.1. The maximum atomic E-state index is 11.9. The number of benzene rings is 2. The normalized spacial score (nSPS) is 14.6. The number of carbonyl (C=O) groups is 1. The van der Waals surface area contributed by atoms with Crippen LogP contribution in [-0.4, -0.2) is 53.5 Å². The summed E-state index contributed by atoms with van der Waals surface area (Å²) in [4.78, 5) is 16.8. The molecule has 0 aromatic heterocycles. The number of nitrogens with one attached hydrogen (secondary N) is 1. The van der Waals surface area contributed by atoms with Crippen molar-refractivity contribution in [2.75, 3.05) is 43.8 Å². The molecule has 2 aromatic rings. The van der Waals surface area contributed by atoms with E-state index in [1.165, 1.54) is 17.3 Å². The molecule has 1 amide bonds. The Hall–Kier alpha value is -0.950. The van der Waals surface area contributed by atoms with Crippen molar-refractivity contribution < 1.29 is 4.79 Å². The van der Waals surface area contributed by atoms with Gasteiger partial charge in [-0.3, -0.25) is 14.6 Å². The van der Waals surface area contributed by atoms with E-state index in [1.807, 2.05) is 42.5 Å². The summed E-state index contributed by atoms with van der Waals surface area (Å²) in [5.41, 5.74) is 2.15. The van der Waals surface area contributed by atoms with Crippen LogP contribution in [0.15, 0.2) is 54.6 Å². The first-order chi connectivity index (χ1) is 12.7. The summed E-state index contributed by atoms with van der Waals surface area (Å²) in [5, 5.41) is 3.70. The summed E-state index contributed by atoms with van der Waals surface area (Å²) in [6.45, 7) is 6.14. The maximum Gasteiger partial charge on any atom is 0.283 e. The van der Waals surface area contributed by atoms with Gasteiger partial charge in [-0.2, -0.15) is 0 Å². The lowest BCUT2D eigenvalue weighted by molar-refractivity contribution is 0.133. The van der Waals surface area contributed by atoms with Crippen LogP contribution in [0.25, 0.3) is 0 Å². The van der Waals surface area contributed by atoms with Gasteiger partial charge in [-0.15, -0.1) is 24.8 Å². The quantitative estimate of drug-likeness (QED) is 0.634. The fourth-order valence-corrected chi connectivity index (χ4v) is 3.81. The van der Waals surface area contributed by atoms with Gasteiger partial charge in [-0.1, -0.05) is 53.7 Å². The van der Waals surface area contributed by atoms with Crippen LogP contribution in [0, 0.1) is 0 Å². The number of amides is 1. The Bertz CT molecular complexity index is 696. The molecule has 8 heteroatoms. The minimum Gasteiger partial charge on any atom is -0.317 e. The highest BCUT2D eigenvalue weighted by Gasteiger charge is 2.17. The van der Waals surface area contributed by atoms with E-state index in [0.29, 0.717) is 0 Å². The lowest BCUT2D eigenvalue weighted by Gasteiger charge is -2.34. The molecule has 0 unspecified atom stereocenters. The summed E-state index contributed by atoms with van der Waals surface area (Å²) in [7, 11) is 0. The second-order valence-corrected chi connectivity index (χ2v) is 7.88. The van der Waals surface area contributed by atoms with E-state index in [-0.39, 0.29) is 30.1 Å². The molecule has 4 nitrogen and oxygen atoms in total. The van der Waals surface area contributed by atoms with Gasteiger partial charge in [0.15, 0.2) is 0 Å². The average molecular weight is 463 g/mol.